The summed E-state index contributed by atoms with van der Waals surface area (Å²) in [6, 6.07) is 8.14. The third-order valence-electron chi connectivity index (χ3n) is 3.07. The molecular weight excluding hydrogens is 282 g/mol. The van der Waals surface area contributed by atoms with Crippen LogP contribution < -0.4 is 5.32 Å². The number of rotatable bonds is 7. The Kier molecular flexibility index (Phi) is 5.67. The lowest BCUT2D eigenvalue weighted by atomic mass is 10.2. The van der Waals surface area contributed by atoms with Crippen molar-refractivity contribution in [3.8, 4) is 0 Å². The molecule has 0 radical (unpaired) electrons. The smallest absolute Gasteiger partial charge is 0.230 e. The maximum atomic E-state index is 11.8. The Balaban J connectivity index is 2.16. The first-order chi connectivity index (χ1) is 10.1. The molecule has 114 valence electrons. The van der Waals surface area contributed by atoms with Gasteiger partial charge < -0.3 is 9.88 Å². The number of carbonyl (C=O) groups excluding carboxylic acids is 1. The number of benzene rings is 1. The van der Waals surface area contributed by atoms with Gasteiger partial charge in [-0.15, -0.1) is 0 Å². The van der Waals surface area contributed by atoms with Crippen LogP contribution in [0.5, 0.6) is 0 Å². The first kappa shape index (κ1) is 15.9. The van der Waals surface area contributed by atoms with E-state index in [1.54, 1.807) is 0 Å². The Morgan fingerprint density at radius 2 is 2.14 bits per heavy atom. The minimum atomic E-state index is 0.0741. The van der Waals surface area contributed by atoms with Crippen molar-refractivity contribution in [2.75, 3.05) is 12.3 Å². The van der Waals surface area contributed by atoms with Gasteiger partial charge in [-0.25, -0.2) is 4.98 Å². The molecule has 1 aromatic heterocycles. The average Bonchev–Trinajstić information content (AvgIpc) is 2.80. The van der Waals surface area contributed by atoms with Crippen molar-refractivity contribution in [2.45, 2.75) is 38.9 Å². The Labute approximate surface area is 130 Å². The second-order valence-electron chi connectivity index (χ2n) is 5.53. The van der Waals surface area contributed by atoms with Gasteiger partial charge in [0.2, 0.25) is 5.91 Å². The maximum absolute atomic E-state index is 11.8. The van der Waals surface area contributed by atoms with Crippen LogP contribution in [0.25, 0.3) is 11.0 Å². The lowest BCUT2D eigenvalue weighted by Gasteiger charge is -2.11. The van der Waals surface area contributed by atoms with Gasteiger partial charge in [0.05, 0.1) is 16.8 Å². The first-order valence-electron chi connectivity index (χ1n) is 7.46. The topological polar surface area (TPSA) is 46.9 Å². The van der Waals surface area contributed by atoms with Gasteiger partial charge in [-0.3, -0.25) is 4.79 Å². The number of nitrogens with zero attached hydrogens (tertiary/aromatic N) is 2. The quantitative estimate of drug-likeness (QED) is 0.798. The second-order valence-corrected chi connectivity index (χ2v) is 6.47. The van der Waals surface area contributed by atoms with Gasteiger partial charge in [-0.05, 0) is 24.5 Å². The number of nitrogens with one attached hydrogen (secondary N) is 1. The molecule has 1 heterocycles. The van der Waals surface area contributed by atoms with Gasteiger partial charge in [-0.1, -0.05) is 44.7 Å². The number of para-hydroxylation sites is 2. The summed E-state index contributed by atoms with van der Waals surface area (Å²) in [5.41, 5.74) is 2.14. The summed E-state index contributed by atoms with van der Waals surface area (Å²) in [6.45, 7) is 8.09. The van der Waals surface area contributed by atoms with Crippen molar-refractivity contribution in [2.24, 2.45) is 5.92 Å². The predicted molar refractivity (Wildman–Crippen MR) is 88.6 cm³/mol. The number of imidazole rings is 1. The third kappa shape index (κ3) is 4.24. The van der Waals surface area contributed by atoms with Crippen LogP contribution in [0.4, 0.5) is 0 Å². The number of hydrogen-bond acceptors (Lipinski definition) is 3. The molecule has 0 aliphatic heterocycles. The number of hydrogen-bond donors (Lipinski definition) is 1. The van der Waals surface area contributed by atoms with Crippen LogP contribution in [-0.4, -0.2) is 27.8 Å². The van der Waals surface area contributed by atoms with E-state index in [-0.39, 0.29) is 5.91 Å². The molecular formula is C16H23N3OS. The molecule has 4 nitrogen and oxygen atoms in total. The molecule has 0 atom stereocenters. The van der Waals surface area contributed by atoms with Crippen LogP contribution in [-0.2, 0) is 11.3 Å². The van der Waals surface area contributed by atoms with E-state index in [9.17, 15) is 4.79 Å². The number of amides is 1. The largest absolute Gasteiger partial charge is 0.355 e. The minimum Gasteiger partial charge on any atom is -0.355 e. The molecule has 0 spiro atoms. The van der Waals surface area contributed by atoms with E-state index >= 15 is 0 Å². The average molecular weight is 305 g/mol. The number of thioether (sulfide) groups is 1. The number of aromatic nitrogens is 2. The van der Waals surface area contributed by atoms with Crippen molar-refractivity contribution >= 4 is 28.7 Å². The summed E-state index contributed by atoms with van der Waals surface area (Å²) in [6.07, 6.45) is 0.961. The lowest BCUT2D eigenvalue weighted by molar-refractivity contribution is -0.118. The van der Waals surface area contributed by atoms with Gasteiger partial charge >= 0.3 is 0 Å². The lowest BCUT2D eigenvalue weighted by Crippen LogP contribution is -2.25. The zero-order valence-corrected chi connectivity index (χ0v) is 13.7. The van der Waals surface area contributed by atoms with E-state index in [2.05, 4.69) is 41.7 Å². The fourth-order valence-corrected chi connectivity index (χ4v) is 3.00. The standard InChI is InChI=1S/C16H23N3OS/c1-4-9-17-15(20)11-21-16-18-13-7-5-6-8-14(13)19(16)10-12(2)3/h5-8,12H,4,9-11H2,1-3H3,(H,17,20). The molecule has 0 saturated heterocycles. The van der Waals surface area contributed by atoms with Crippen molar-refractivity contribution < 1.29 is 4.79 Å². The van der Waals surface area contributed by atoms with Crippen LogP contribution in [0.1, 0.15) is 27.2 Å². The Bertz CT molecular complexity index is 607. The highest BCUT2D eigenvalue weighted by molar-refractivity contribution is 7.99. The zero-order valence-electron chi connectivity index (χ0n) is 12.9. The van der Waals surface area contributed by atoms with Crippen molar-refractivity contribution in [1.29, 1.82) is 0 Å². The van der Waals surface area contributed by atoms with E-state index in [4.69, 9.17) is 0 Å². The maximum Gasteiger partial charge on any atom is 0.230 e. The van der Waals surface area contributed by atoms with E-state index in [0.29, 0.717) is 11.7 Å². The fourth-order valence-electron chi connectivity index (χ4n) is 2.15. The monoisotopic (exact) mass is 305 g/mol. The molecule has 0 aliphatic carbocycles. The van der Waals surface area contributed by atoms with Crippen LogP contribution in [0.15, 0.2) is 29.4 Å². The molecule has 0 unspecified atom stereocenters. The van der Waals surface area contributed by atoms with E-state index in [1.807, 2.05) is 18.2 Å². The van der Waals surface area contributed by atoms with Gasteiger partial charge in [0.15, 0.2) is 5.16 Å². The molecule has 2 rings (SSSR count). The van der Waals surface area contributed by atoms with Gasteiger partial charge in [0, 0.05) is 13.1 Å². The minimum absolute atomic E-state index is 0.0741. The molecule has 1 aromatic carbocycles. The fraction of sp³-hybridized carbons (Fsp3) is 0.500. The van der Waals surface area contributed by atoms with E-state index in [0.717, 1.165) is 35.7 Å². The van der Waals surface area contributed by atoms with Gasteiger partial charge in [0.1, 0.15) is 0 Å². The molecule has 5 heteroatoms. The summed E-state index contributed by atoms with van der Waals surface area (Å²) in [7, 11) is 0. The second kappa shape index (κ2) is 7.50. The molecule has 0 aliphatic rings. The summed E-state index contributed by atoms with van der Waals surface area (Å²) >= 11 is 1.51. The highest BCUT2D eigenvalue weighted by Gasteiger charge is 2.13. The number of fused-ring (bicyclic) bond motifs is 1. The van der Waals surface area contributed by atoms with Crippen LogP contribution in [0.3, 0.4) is 0 Å². The van der Waals surface area contributed by atoms with Crippen LogP contribution in [0, 0.1) is 5.92 Å². The highest BCUT2D eigenvalue weighted by Crippen LogP contribution is 2.25. The van der Waals surface area contributed by atoms with E-state index < -0.39 is 0 Å². The molecule has 1 amide bonds. The summed E-state index contributed by atoms with van der Waals surface area (Å²) in [5, 5.41) is 3.83. The van der Waals surface area contributed by atoms with Crippen LogP contribution in [0.2, 0.25) is 0 Å². The molecule has 0 bridgehead atoms. The van der Waals surface area contributed by atoms with Crippen LogP contribution >= 0.6 is 11.8 Å². The molecule has 1 N–H and O–H groups in total. The zero-order chi connectivity index (χ0) is 15.2. The molecule has 0 fully saturated rings. The van der Waals surface area contributed by atoms with Crippen molar-refractivity contribution in [3.63, 3.8) is 0 Å². The third-order valence-corrected chi connectivity index (χ3v) is 4.05. The van der Waals surface area contributed by atoms with E-state index in [1.165, 1.54) is 11.8 Å². The first-order valence-corrected chi connectivity index (χ1v) is 8.45. The Hall–Kier alpha value is -1.49. The Morgan fingerprint density at radius 3 is 2.86 bits per heavy atom. The van der Waals surface area contributed by atoms with Crippen molar-refractivity contribution in [1.82, 2.24) is 14.9 Å². The van der Waals surface area contributed by atoms with Crippen molar-refractivity contribution in [3.05, 3.63) is 24.3 Å². The normalized spacial score (nSPS) is 11.2. The summed E-state index contributed by atoms with van der Waals surface area (Å²) < 4.78 is 2.22. The summed E-state index contributed by atoms with van der Waals surface area (Å²) in [5.74, 6) is 1.03. The molecule has 2 aromatic rings. The Morgan fingerprint density at radius 1 is 1.38 bits per heavy atom. The predicted octanol–water partition coefficient (Wildman–Crippen LogP) is 3.31. The molecule has 0 saturated carbocycles. The summed E-state index contributed by atoms with van der Waals surface area (Å²) in [4.78, 5) is 16.4. The highest BCUT2D eigenvalue weighted by atomic mass is 32.2. The SMILES string of the molecule is CCCNC(=O)CSc1nc2ccccc2n1CC(C)C. The van der Waals surface area contributed by atoms with Gasteiger partial charge in [0.25, 0.3) is 0 Å². The molecule has 21 heavy (non-hydrogen) atoms. The van der Waals surface area contributed by atoms with Gasteiger partial charge in [-0.2, -0.15) is 0 Å². The number of carbonyl (C=O) groups is 1.